The fourth-order valence-corrected chi connectivity index (χ4v) is 2.40. The van der Waals surface area contributed by atoms with E-state index in [1.54, 1.807) is 10.8 Å². The number of rotatable bonds is 3. The van der Waals surface area contributed by atoms with E-state index >= 15 is 0 Å². The van der Waals surface area contributed by atoms with Crippen LogP contribution < -0.4 is 5.43 Å². The lowest BCUT2D eigenvalue weighted by Crippen LogP contribution is -2.03. The van der Waals surface area contributed by atoms with E-state index in [9.17, 15) is 9.70 Å². The van der Waals surface area contributed by atoms with Crippen molar-refractivity contribution in [3.05, 3.63) is 87.7 Å². The normalized spacial score (nSPS) is 10.4. The Morgan fingerprint density at radius 2 is 1.77 bits per heavy atom. The first-order valence-corrected chi connectivity index (χ1v) is 6.91. The smallest absolute Gasteiger partial charge is 0.210 e. The first kappa shape index (κ1) is 13.9. The second-order valence-electron chi connectivity index (χ2n) is 5.06. The van der Waals surface area contributed by atoms with Crippen LogP contribution in [0.1, 0.15) is 5.56 Å². The molecular formula is C18H14N2O2. The highest BCUT2D eigenvalue weighted by Crippen LogP contribution is 2.26. The minimum atomic E-state index is -0.373. The van der Waals surface area contributed by atoms with Crippen molar-refractivity contribution in [1.29, 1.82) is 0 Å². The number of aryl methyl sites for hydroxylation is 1. The molecule has 0 saturated heterocycles. The number of nitrogens with zero attached hydrogens (tertiary/aromatic N) is 2. The number of benzene rings is 2. The van der Waals surface area contributed by atoms with Crippen molar-refractivity contribution in [2.24, 2.45) is 5.18 Å². The van der Waals surface area contributed by atoms with Gasteiger partial charge >= 0.3 is 0 Å². The molecule has 0 radical (unpaired) electrons. The zero-order valence-electron chi connectivity index (χ0n) is 12.1. The zero-order valence-corrected chi connectivity index (χ0v) is 12.1. The lowest BCUT2D eigenvalue weighted by atomic mass is 10.00. The van der Waals surface area contributed by atoms with Crippen LogP contribution in [0.5, 0.6) is 0 Å². The molecule has 0 bridgehead atoms. The van der Waals surface area contributed by atoms with Crippen LogP contribution in [-0.4, -0.2) is 4.57 Å². The Morgan fingerprint density at radius 3 is 2.50 bits per heavy atom. The second kappa shape index (κ2) is 5.77. The fourth-order valence-electron chi connectivity index (χ4n) is 2.40. The molecule has 108 valence electrons. The highest BCUT2D eigenvalue weighted by Gasteiger charge is 2.06. The molecule has 1 heterocycles. The van der Waals surface area contributed by atoms with Crippen LogP contribution in [0.4, 0.5) is 5.69 Å². The molecule has 1 aromatic heterocycles. The summed E-state index contributed by atoms with van der Waals surface area (Å²) in [7, 11) is 0. The van der Waals surface area contributed by atoms with Gasteiger partial charge in [-0.3, -0.25) is 4.79 Å². The molecule has 2 aromatic carbocycles. The molecule has 0 saturated carbocycles. The van der Waals surface area contributed by atoms with Gasteiger partial charge in [0.15, 0.2) is 5.69 Å². The molecule has 22 heavy (non-hydrogen) atoms. The van der Waals surface area contributed by atoms with Crippen molar-refractivity contribution in [2.75, 3.05) is 0 Å². The average molecular weight is 290 g/mol. The summed E-state index contributed by atoms with van der Waals surface area (Å²) in [6, 6.07) is 17.4. The van der Waals surface area contributed by atoms with E-state index in [2.05, 4.69) is 24.2 Å². The SMILES string of the molecule is Cc1ccc(-n2ccc(=O)c(N=O)c2)cc1-c1ccccc1. The second-order valence-corrected chi connectivity index (χ2v) is 5.06. The molecule has 3 aromatic rings. The predicted octanol–water partition coefficient (Wildman–Crippen LogP) is 4.21. The monoisotopic (exact) mass is 290 g/mol. The Labute approximate surface area is 127 Å². The van der Waals surface area contributed by atoms with Gasteiger partial charge in [-0.15, -0.1) is 4.91 Å². The summed E-state index contributed by atoms with van der Waals surface area (Å²) >= 11 is 0. The predicted molar refractivity (Wildman–Crippen MR) is 87.7 cm³/mol. The first-order valence-electron chi connectivity index (χ1n) is 6.91. The minimum absolute atomic E-state index is 0.0932. The maximum atomic E-state index is 11.5. The fraction of sp³-hybridized carbons (Fsp3) is 0.0556. The standard InChI is InChI=1S/C18H14N2O2/c1-13-7-8-15(11-16(13)14-5-3-2-4-6-14)20-10-9-18(21)17(12-20)19-22/h2-12H,1H3. The van der Waals surface area contributed by atoms with E-state index in [1.165, 1.54) is 12.3 Å². The topological polar surface area (TPSA) is 51.4 Å². The van der Waals surface area contributed by atoms with Crippen LogP contribution >= 0.6 is 0 Å². The Morgan fingerprint density at radius 1 is 1.00 bits per heavy atom. The summed E-state index contributed by atoms with van der Waals surface area (Å²) in [6.45, 7) is 2.05. The minimum Gasteiger partial charge on any atom is -0.321 e. The van der Waals surface area contributed by atoms with Crippen LogP contribution in [-0.2, 0) is 0 Å². The van der Waals surface area contributed by atoms with Gasteiger partial charge in [0.1, 0.15) is 0 Å². The van der Waals surface area contributed by atoms with Gasteiger partial charge in [-0.05, 0) is 40.9 Å². The Bertz CT molecular complexity index is 883. The Hall–Kier alpha value is -3.01. The number of hydrogen-bond acceptors (Lipinski definition) is 3. The maximum absolute atomic E-state index is 11.5. The molecule has 0 aliphatic carbocycles. The van der Waals surface area contributed by atoms with Crippen LogP contribution in [0.25, 0.3) is 16.8 Å². The average Bonchev–Trinajstić information content (AvgIpc) is 2.57. The Balaban J connectivity index is 2.14. The van der Waals surface area contributed by atoms with Crippen molar-refractivity contribution in [3.63, 3.8) is 0 Å². The van der Waals surface area contributed by atoms with E-state index < -0.39 is 0 Å². The summed E-state index contributed by atoms with van der Waals surface area (Å²) in [5.74, 6) is 0. The summed E-state index contributed by atoms with van der Waals surface area (Å²) in [6.07, 6.45) is 3.09. The highest BCUT2D eigenvalue weighted by atomic mass is 16.3. The molecular weight excluding hydrogens is 276 g/mol. The van der Waals surface area contributed by atoms with Gasteiger partial charge in [0.25, 0.3) is 0 Å². The number of pyridine rings is 1. The van der Waals surface area contributed by atoms with Crippen LogP contribution in [0.2, 0.25) is 0 Å². The van der Waals surface area contributed by atoms with E-state index in [-0.39, 0.29) is 11.1 Å². The summed E-state index contributed by atoms with van der Waals surface area (Å²) in [5, 5.41) is 2.77. The molecule has 0 spiro atoms. The molecule has 0 amide bonds. The van der Waals surface area contributed by atoms with Crippen LogP contribution in [0, 0.1) is 11.8 Å². The molecule has 0 unspecified atom stereocenters. The summed E-state index contributed by atoms with van der Waals surface area (Å²) < 4.78 is 1.73. The van der Waals surface area contributed by atoms with Gasteiger partial charge in [-0.2, -0.15) is 0 Å². The van der Waals surface area contributed by atoms with Gasteiger partial charge in [0, 0.05) is 24.1 Å². The van der Waals surface area contributed by atoms with Crippen LogP contribution in [0.3, 0.4) is 0 Å². The molecule has 0 fully saturated rings. The van der Waals surface area contributed by atoms with Crippen molar-refractivity contribution < 1.29 is 0 Å². The summed E-state index contributed by atoms with van der Waals surface area (Å²) in [5.41, 5.74) is 3.79. The third kappa shape index (κ3) is 2.59. The highest BCUT2D eigenvalue weighted by molar-refractivity contribution is 5.69. The quantitative estimate of drug-likeness (QED) is 0.678. The van der Waals surface area contributed by atoms with Crippen molar-refractivity contribution in [2.45, 2.75) is 6.92 Å². The number of nitroso groups, excluding NO2 is 1. The maximum Gasteiger partial charge on any atom is 0.210 e. The van der Waals surface area contributed by atoms with E-state index in [4.69, 9.17) is 0 Å². The van der Waals surface area contributed by atoms with E-state index in [1.807, 2.05) is 36.4 Å². The van der Waals surface area contributed by atoms with Gasteiger partial charge in [-0.1, -0.05) is 36.4 Å². The molecule has 4 heteroatoms. The van der Waals surface area contributed by atoms with Crippen molar-refractivity contribution in [3.8, 4) is 16.8 Å². The zero-order chi connectivity index (χ0) is 15.5. The Kier molecular flexibility index (Phi) is 3.66. The van der Waals surface area contributed by atoms with Crippen molar-refractivity contribution >= 4 is 5.69 Å². The lowest BCUT2D eigenvalue weighted by Gasteiger charge is -2.11. The molecule has 0 aliphatic rings. The molecule has 4 nitrogen and oxygen atoms in total. The summed E-state index contributed by atoms with van der Waals surface area (Å²) in [4.78, 5) is 22.2. The third-order valence-electron chi connectivity index (χ3n) is 3.60. The molecule has 0 aliphatic heterocycles. The van der Waals surface area contributed by atoms with Crippen molar-refractivity contribution in [1.82, 2.24) is 4.57 Å². The number of hydrogen-bond donors (Lipinski definition) is 0. The molecule has 0 atom stereocenters. The molecule has 3 rings (SSSR count). The van der Waals surface area contributed by atoms with Gasteiger partial charge < -0.3 is 4.57 Å². The van der Waals surface area contributed by atoms with Gasteiger partial charge in [0.2, 0.25) is 5.43 Å². The van der Waals surface area contributed by atoms with E-state index in [0.717, 1.165) is 22.4 Å². The van der Waals surface area contributed by atoms with Crippen LogP contribution in [0.15, 0.2) is 77.0 Å². The lowest BCUT2D eigenvalue weighted by molar-refractivity contribution is 1.03. The third-order valence-corrected chi connectivity index (χ3v) is 3.60. The van der Waals surface area contributed by atoms with E-state index in [0.29, 0.717) is 0 Å². The molecule has 0 N–H and O–H groups in total. The van der Waals surface area contributed by atoms with Gasteiger partial charge in [0.05, 0.1) is 0 Å². The van der Waals surface area contributed by atoms with Gasteiger partial charge in [-0.25, -0.2) is 0 Å². The number of aromatic nitrogens is 1. The largest absolute Gasteiger partial charge is 0.321 e. The first-order chi connectivity index (χ1) is 10.7.